The van der Waals surface area contributed by atoms with Crippen LogP contribution in [-0.4, -0.2) is 20.1 Å². The van der Waals surface area contributed by atoms with Gasteiger partial charge in [-0.25, -0.2) is 0 Å². The lowest BCUT2D eigenvalue weighted by Gasteiger charge is -2.50. The fourth-order valence-electron chi connectivity index (χ4n) is 6.25. The second-order valence-corrected chi connectivity index (χ2v) is 9.92. The molecule has 0 amide bonds. The van der Waals surface area contributed by atoms with Crippen molar-refractivity contribution in [2.24, 2.45) is 23.2 Å². The van der Waals surface area contributed by atoms with Gasteiger partial charge < -0.3 is 4.74 Å². The number of ether oxygens (including phenoxy) is 1. The minimum absolute atomic E-state index is 0.322. The molecule has 3 aliphatic rings. The highest BCUT2D eigenvalue weighted by Gasteiger charge is 2.53. The number of methoxy groups -OCH3 is 1. The Kier molecular flexibility index (Phi) is 4.27. The van der Waals surface area contributed by atoms with Crippen LogP contribution in [0.2, 0.25) is 0 Å². The van der Waals surface area contributed by atoms with Crippen LogP contribution in [0.15, 0.2) is 12.1 Å². The van der Waals surface area contributed by atoms with Gasteiger partial charge >= 0.3 is 10.3 Å². The Hall–Kier alpha value is -1.27. The highest BCUT2D eigenvalue weighted by Crippen LogP contribution is 2.63. The zero-order valence-electron chi connectivity index (χ0n) is 15.8. The summed E-state index contributed by atoms with van der Waals surface area (Å²) < 4.78 is 39.2. The first-order chi connectivity index (χ1) is 12.2. The number of rotatable bonds is 3. The molecule has 2 fully saturated rings. The van der Waals surface area contributed by atoms with Gasteiger partial charge in [0.15, 0.2) is 0 Å². The highest BCUT2D eigenvalue weighted by atomic mass is 32.2. The van der Waals surface area contributed by atoms with Crippen molar-refractivity contribution in [3.05, 3.63) is 23.3 Å². The van der Waals surface area contributed by atoms with Gasteiger partial charge in [0, 0.05) is 0 Å². The molecule has 3 aliphatic carbocycles. The van der Waals surface area contributed by atoms with E-state index in [0.29, 0.717) is 22.8 Å². The molecule has 0 spiro atoms. The molecule has 5 nitrogen and oxygen atoms in total. The summed E-state index contributed by atoms with van der Waals surface area (Å²) in [4.78, 5) is 0. The van der Waals surface area contributed by atoms with Crippen LogP contribution in [0.3, 0.4) is 0 Å². The molecule has 0 radical (unpaired) electrons. The zero-order chi connectivity index (χ0) is 18.7. The van der Waals surface area contributed by atoms with E-state index in [9.17, 15) is 8.42 Å². The average Bonchev–Trinajstić information content (AvgIpc) is 2.88. The maximum Gasteiger partial charge on any atom is 0.357 e. The zero-order valence-corrected chi connectivity index (χ0v) is 16.6. The number of benzene rings is 1. The van der Waals surface area contributed by atoms with Crippen molar-refractivity contribution in [1.29, 1.82) is 0 Å². The maximum absolute atomic E-state index is 11.2. The van der Waals surface area contributed by atoms with E-state index in [-0.39, 0.29) is 0 Å². The summed E-state index contributed by atoms with van der Waals surface area (Å²) in [6, 6.07) is 3.85. The number of nitrogens with one attached hydrogen (secondary N) is 1. The summed E-state index contributed by atoms with van der Waals surface area (Å²) >= 11 is 0. The normalized spacial score (nSPS) is 36.0. The highest BCUT2D eigenvalue weighted by molar-refractivity contribution is 7.87. The van der Waals surface area contributed by atoms with Gasteiger partial charge in [0.2, 0.25) is 0 Å². The molecule has 0 aliphatic heterocycles. The molecule has 3 unspecified atom stereocenters. The van der Waals surface area contributed by atoms with Crippen molar-refractivity contribution in [3.8, 4) is 5.75 Å². The lowest BCUT2D eigenvalue weighted by atomic mass is 9.54. The SMILES string of the molecule is COc1cc2c(cc1NS(=O)(=O)O)CCC1C2CC[C@@]2(C)C1CC[C@@H]2C. The summed E-state index contributed by atoms with van der Waals surface area (Å²) in [5.74, 6) is 3.35. The van der Waals surface area contributed by atoms with E-state index >= 15 is 0 Å². The minimum atomic E-state index is -4.32. The van der Waals surface area contributed by atoms with Gasteiger partial charge in [-0.15, -0.1) is 0 Å². The summed E-state index contributed by atoms with van der Waals surface area (Å²) in [5.41, 5.74) is 3.31. The van der Waals surface area contributed by atoms with Crippen LogP contribution >= 0.6 is 0 Å². The van der Waals surface area contributed by atoms with E-state index < -0.39 is 10.3 Å². The molecule has 5 atom stereocenters. The Bertz CT molecular complexity index is 821. The molecule has 4 rings (SSSR count). The lowest BCUT2D eigenvalue weighted by molar-refractivity contribution is 0.0336. The predicted octanol–water partition coefficient (Wildman–Crippen LogP) is 4.40. The average molecular weight is 380 g/mol. The van der Waals surface area contributed by atoms with Crippen molar-refractivity contribution < 1.29 is 17.7 Å². The molecule has 6 heteroatoms. The summed E-state index contributed by atoms with van der Waals surface area (Å²) in [6.45, 7) is 4.92. The fourth-order valence-corrected chi connectivity index (χ4v) is 6.69. The number of fused-ring (bicyclic) bond motifs is 5. The van der Waals surface area contributed by atoms with E-state index in [2.05, 4.69) is 18.6 Å². The Morgan fingerprint density at radius 2 is 2.00 bits per heavy atom. The molecule has 0 saturated heterocycles. The van der Waals surface area contributed by atoms with Crippen molar-refractivity contribution in [1.82, 2.24) is 0 Å². The third-order valence-corrected chi connectivity index (χ3v) is 8.24. The van der Waals surface area contributed by atoms with Crippen molar-refractivity contribution in [2.75, 3.05) is 11.8 Å². The Labute approximate surface area is 156 Å². The molecule has 0 bridgehead atoms. The molecule has 144 valence electrons. The van der Waals surface area contributed by atoms with Crippen LogP contribution < -0.4 is 9.46 Å². The maximum atomic E-state index is 11.2. The van der Waals surface area contributed by atoms with E-state index in [1.54, 1.807) is 0 Å². The first-order valence-corrected chi connectivity index (χ1v) is 11.1. The Morgan fingerprint density at radius 3 is 2.69 bits per heavy atom. The third kappa shape index (κ3) is 2.82. The molecular formula is C20H29NO4S. The van der Waals surface area contributed by atoms with E-state index in [0.717, 1.165) is 24.2 Å². The van der Waals surface area contributed by atoms with Crippen molar-refractivity contribution >= 4 is 16.0 Å². The fraction of sp³-hybridized carbons (Fsp3) is 0.700. The molecule has 26 heavy (non-hydrogen) atoms. The van der Waals surface area contributed by atoms with Gasteiger partial charge in [0.25, 0.3) is 0 Å². The second-order valence-electron chi connectivity index (χ2n) is 8.77. The van der Waals surface area contributed by atoms with E-state index in [4.69, 9.17) is 9.29 Å². The first kappa shape index (κ1) is 18.1. The second kappa shape index (κ2) is 6.13. The molecule has 1 aromatic rings. The minimum Gasteiger partial charge on any atom is -0.495 e. The topological polar surface area (TPSA) is 75.6 Å². The molecule has 1 aromatic carbocycles. The smallest absolute Gasteiger partial charge is 0.357 e. The van der Waals surface area contributed by atoms with E-state index in [1.807, 2.05) is 12.1 Å². The monoisotopic (exact) mass is 379 g/mol. The van der Waals surface area contributed by atoms with Gasteiger partial charge in [-0.2, -0.15) is 8.42 Å². The number of hydrogen-bond acceptors (Lipinski definition) is 3. The third-order valence-electron chi connectivity index (χ3n) is 7.76. The van der Waals surface area contributed by atoms with Crippen LogP contribution in [0, 0.1) is 23.2 Å². The van der Waals surface area contributed by atoms with Gasteiger partial charge in [-0.1, -0.05) is 13.8 Å². The van der Waals surface area contributed by atoms with Crippen LogP contribution in [0.25, 0.3) is 0 Å². The first-order valence-electron chi connectivity index (χ1n) is 9.69. The van der Waals surface area contributed by atoms with Crippen molar-refractivity contribution in [3.63, 3.8) is 0 Å². The van der Waals surface area contributed by atoms with Gasteiger partial charge in [0.05, 0.1) is 12.8 Å². The molecule has 2 N–H and O–H groups in total. The van der Waals surface area contributed by atoms with E-state index in [1.165, 1.54) is 50.3 Å². The number of hydrogen-bond donors (Lipinski definition) is 2. The standard InChI is InChI=1S/C20H29NO4S/c1-12-4-7-17-15-6-5-13-10-18(21-26(22,23)24)19(25-3)11-16(13)14(15)8-9-20(12,17)2/h10-12,14-15,17,21H,4-9H2,1-3H3,(H,22,23,24)/t12-,14?,15?,17?,20+/m0/s1. The van der Waals surface area contributed by atoms with Gasteiger partial charge in [-0.3, -0.25) is 9.27 Å². The largest absolute Gasteiger partial charge is 0.495 e. The van der Waals surface area contributed by atoms with Gasteiger partial charge in [0.1, 0.15) is 5.75 Å². The molecule has 0 aromatic heterocycles. The summed E-state index contributed by atoms with van der Waals surface area (Å²) in [5, 5.41) is 0. The molecule has 0 heterocycles. The summed E-state index contributed by atoms with van der Waals surface area (Å²) in [6.07, 6.45) is 7.28. The van der Waals surface area contributed by atoms with Crippen LogP contribution in [0.4, 0.5) is 5.69 Å². The van der Waals surface area contributed by atoms with Crippen molar-refractivity contribution in [2.45, 2.75) is 58.3 Å². The summed E-state index contributed by atoms with van der Waals surface area (Å²) in [7, 11) is -2.78. The Morgan fingerprint density at radius 1 is 1.23 bits per heavy atom. The molecular weight excluding hydrogens is 350 g/mol. The van der Waals surface area contributed by atoms with Crippen LogP contribution in [-0.2, 0) is 16.7 Å². The number of aryl methyl sites for hydroxylation is 1. The lowest BCUT2D eigenvalue weighted by Crippen LogP contribution is -2.41. The number of anilines is 1. The van der Waals surface area contributed by atoms with Crippen LogP contribution in [0.1, 0.15) is 63.0 Å². The predicted molar refractivity (Wildman–Crippen MR) is 102 cm³/mol. The quantitative estimate of drug-likeness (QED) is 0.763. The van der Waals surface area contributed by atoms with Crippen LogP contribution in [0.5, 0.6) is 5.75 Å². The Balaban J connectivity index is 1.70. The van der Waals surface area contributed by atoms with Gasteiger partial charge in [-0.05, 0) is 90.9 Å². The molecule has 2 saturated carbocycles.